The molecule has 8 nitrogen and oxygen atoms in total. The Hall–Kier alpha value is -3.65. The Balaban J connectivity index is 1.83. The van der Waals surface area contributed by atoms with Gasteiger partial charge in [-0.1, -0.05) is 6.08 Å². The van der Waals surface area contributed by atoms with Crippen molar-refractivity contribution in [1.29, 1.82) is 0 Å². The summed E-state index contributed by atoms with van der Waals surface area (Å²) in [6.07, 6.45) is 2.17. The predicted molar refractivity (Wildman–Crippen MR) is 113 cm³/mol. The molecule has 0 fully saturated rings. The number of fused-ring (bicyclic) bond motifs is 2. The summed E-state index contributed by atoms with van der Waals surface area (Å²) in [5.41, 5.74) is 0.652. The molecule has 2 atom stereocenters. The minimum atomic E-state index is -0.600. The maximum Gasteiger partial charge on any atom is 0.336 e. The molecule has 2 aromatic carbocycles. The first-order valence-corrected chi connectivity index (χ1v) is 9.56. The highest BCUT2D eigenvalue weighted by Gasteiger charge is 2.33. The molecular weight excluding hydrogens is 404 g/mol. The van der Waals surface area contributed by atoms with Gasteiger partial charge in [-0.15, -0.1) is 0 Å². The van der Waals surface area contributed by atoms with Gasteiger partial charge in [0.1, 0.15) is 5.58 Å². The first kappa shape index (κ1) is 20.6. The van der Waals surface area contributed by atoms with Crippen LogP contribution in [0.25, 0.3) is 11.0 Å². The van der Waals surface area contributed by atoms with E-state index in [1.165, 1.54) is 27.4 Å². The number of hydrogen-bond donors (Lipinski definition) is 1. The van der Waals surface area contributed by atoms with E-state index in [1.54, 1.807) is 42.5 Å². The van der Waals surface area contributed by atoms with Crippen LogP contribution in [0.2, 0.25) is 0 Å². The fourth-order valence-corrected chi connectivity index (χ4v) is 3.53. The summed E-state index contributed by atoms with van der Waals surface area (Å²) in [7, 11) is 4.60. The van der Waals surface area contributed by atoms with E-state index in [1.807, 2.05) is 0 Å². The molecule has 0 radical (unpaired) electrons. The van der Waals surface area contributed by atoms with Crippen molar-refractivity contribution in [2.45, 2.75) is 12.2 Å². The molecule has 1 N–H and O–H groups in total. The van der Waals surface area contributed by atoms with Gasteiger partial charge in [-0.2, -0.15) is 0 Å². The Bertz CT molecular complexity index is 1150. The van der Waals surface area contributed by atoms with Crippen LogP contribution in [0.1, 0.15) is 11.7 Å². The average molecular weight is 426 g/mol. The van der Waals surface area contributed by atoms with Gasteiger partial charge in [0.25, 0.3) is 0 Å². The monoisotopic (exact) mass is 426 g/mol. The summed E-state index contributed by atoms with van der Waals surface area (Å²) in [6, 6.07) is 9.94. The normalized spacial score (nSPS) is 17.7. The number of benzene rings is 2. The largest absolute Gasteiger partial charge is 0.493 e. The van der Waals surface area contributed by atoms with Gasteiger partial charge < -0.3 is 33.2 Å². The number of rotatable bonds is 6. The van der Waals surface area contributed by atoms with Gasteiger partial charge in [0, 0.05) is 23.1 Å². The number of hydrogen-bond acceptors (Lipinski definition) is 8. The Kier molecular flexibility index (Phi) is 5.73. The zero-order valence-electron chi connectivity index (χ0n) is 17.3. The molecule has 8 heteroatoms. The quantitative estimate of drug-likeness (QED) is 0.474. The second kappa shape index (κ2) is 8.61. The second-order valence-electron chi connectivity index (χ2n) is 6.78. The molecular formula is C23H22O8. The van der Waals surface area contributed by atoms with Crippen molar-refractivity contribution in [3.8, 4) is 28.7 Å². The molecule has 162 valence electrons. The second-order valence-corrected chi connectivity index (χ2v) is 6.78. The Morgan fingerprint density at radius 3 is 2.32 bits per heavy atom. The average Bonchev–Trinajstić information content (AvgIpc) is 2.79. The van der Waals surface area contributed by atoms with Crippen molar-refractivity contribution in [2.24, 2.45) is 0 Å². The van der Waals surface area contributed by atoms with Crippen LogP contribution in [-0.4, -0.2) is 39.1 Å². The molecule has 1 aliphatic heterocycles. The predicted octanol–water partition coefficient (Wildman–Crippen LogP) is 3.25. The van der Waals surface area contributed by atoms with Crippen LogP contribution in [0.3, 0.4) is 0 Å². The third kappa shape index (κ3) is 3.89. The van der Waals surface area contributed by atoms with Crippen molar-refractivity contribution in [3.05, 3.63) is 64.5 Å². The highest BCUT2D eigenvalue weighted by Crippen LogP contribution is 2.45. The van der Waals surface area contributed by atoms with Gasteiger partial charge in [0.2, 0.25) is 5.75 Å². The molecule has 31 heavy (non-hydrogen) atoms. The van der Waals surface area contributed by atoms with Gasteiger partial charge in [-0.3, -0.25) is 0 Å². The fourth-order valence-electron chi connectivity index (χ4n) is 3.53. The van der Waals surface area contributed by atoms with Crippen LogP contribution in [-0.2, 0) is 0 Å². The Morgan fingerprint density at radius 1 is 0.968 bits per heavy atom. The van der Waals surface area contributed by atoms with Crippen LogP contribution < -0.4 is 29.3 Å². The zero-order valence-corrected chi connectivity index (χ0v) is 17.3. The van der Waals surface area contributed by atoms with Crippen molar-refractivity contribution in [2.75, 3.05) is 27.9 Å². The lowest BCUT2D eigenvalue weighted by Gasteiger charge is -2.33. The minimum absolute atomic E-state index is 0.141. The molecule has 0 aliphatic carbocycles. The molecule has 3 aromatic rings. The fraction of sp³-hybridized carbons (Fsp3) is 0.261. The van der Waals surface area contributed by atoms with Gasteiger partial charge in [0.15, 0.2) is 35.2 Å². The summed E-state index contributed by atoms with van der Waals surface area (Å²) in [5, 5.41) is 9.97. The summed E-state index contributed by atoms with van der Waals surface area (Å²) < 4.78 is 34.0. The molecule has 0 spiro atoms. The van der Waals surface area contributed by atoms with E-state index in [0.29, 0.717) is 45.3 Å². The van der Waals surface area contributed by atoms with Gasteiger partial charge in [-0.25, -0.2) is 4.79 Å². The van der Waals surface area contributed by atoms with E-state index < -0.39 is 17.8 Å². The maximum absolute atomic E-state index is 11.6. The van der Waals surface area contributed by atoms with Gasteiger partial charge in [-0.05, 0) is 30.3 Å². The van der Waals surface area contributed by atoms with Gasteiger partial charge in [0.05, 0.1) is 27.9 Å². The molecule has 4 rings (SSSR count). The third-order valence-corrected chi connectivity index (χ3v) is 4.95. The van der Waals surface area contributed by atoms with Gasteiger partial charge >= 0.3 is 5.63 Å². The SMILES string of the molecule is COc1cc(C2Oc3cc4oc(=O)ccc4cc3OC2C=CCO)cc(OC)c1OC. The number of methoxy groups -OCH3 is 3. The summed E-state index contributed by atoms with van der Waals surface area (Å²) in [5.74, 6) is 2.33. The van der Waals surface area contributed by atoms with E-state index in [9.17, 15) is 9.90 Å². The number of aliphatic hydroxyl groups is 1. The number of ether oxygens (including phenoxy) is 5. The van der Waals surface area contributed by atoms with Crippen LogP contribution >= 0.6 is 0 Å². The van der Waals surface area contributed by atoms with Crippen LogP contribution in [0.15, 0.2) is 57.8 Å². The summed E-state index contributed by atoms with van der Waals surface area (Å²) >= 11 is 0. The topological polar surface area (TPSA) is 96.6 Å². The first-order valence-electron chi connectivity index (χ1n) is 9.56. The first-order chi connectivity index (χ1) is 15.1. The van der Waals surface area contributed by atoms with E-state index in [2.05, 4.69) is 0 Å². The van der Waals surface area contributed by atoms with Crippen molar-refractivity contribution in [1.82, 2.24) is 0 Å². The molecule has 1 aromatic heterocycles. The molecule has 0 saturated carbocycles. The van der Waals surface area contributed by atoms with Crippen LogP contribution in [0, 0.1) is 0 Å². The highest BCUT2D eigenvalue weighted by molar-refractivity contribution is 5.81. The molecule has 2 unspecified atom stereocenters. The van der Waals surface area contributed by atoms with E-state index in [0.717, 1.165) is 0 Å². The lowest BCUT2D eigenvalue weighted by molar-refractivity contribution is 0.0467. The molecule has 0 saturated heterocycles. The molecule has 0 amide bonds. The lowest BCUT2D eigenvalue weighted by Crippen LogP contribution is -2.31. The lowest BCUT2D eigenvalue weighted by atomic mass is 10.0. The standard InChI is InChI=1S/C23H22O8/c1-26-19-10-14(11-20(27-2)23(19)28-3)22-15(5-4-8-24)29-17-9-13-6-7-21(25)30-16(13)12-18(17)31-22/h4-7,9-12,15,22,24H,8H2,1-3H3. The summed E-state index contributed by atoms with van der Waals surface area (Å²) in [4.78, 5) is 11.6. The van der Waals surface area contributed by atoms with E-state index in [4.69, 9.17) is 28.1 Å². The smallest absolute Gasteiger partial charge is 0.336 e. The summed E-state index contributed by atoms with van der Waals surface area (Å²) in [6.45, 7) is -0.141. The third-order valence-electron chi connectivity index (χ3n) is 4.95. The maximum atomic E-state index is 11.6. The van der Waals surface area contributed by atoms with E-state index >= 15 is 0 Å². The van der Waals surface area contributed by atoms with Crippen molar-refractivity contribution in [3.63, 3.8) is 0 Å². The van der Waals surface area contributed by atoms with Crippen LogP contribution in [0.5, 0.6) is 28.7 Å². The van der Waals surface area contributed by atoms with E-state index in [-0.39, 0.29) is 6.61 Å². The van der Waals surface area contributed by atoms with Crippen LogP contribution in [0.4, 0.5) is 0 Å². The molecule has 1 aliphatic rings. The Morgan fingerprint density at radius 2 is 1.68 bits per heavy atom. The van der Waals surface area contributed by atoms with Crippen molar-refractivity contribution < 1.29 is 33.2 Å². The zero-order chi connectivity index (χ0) is 22.0. The van der Waals surface area contributed by atoms with Crippen molar-refractivity contribution >= 4 is 11.0 Å². The minimum Gasteiger partial charge on any atom is -0.493 e. The highest BCUT2D eigenvalue weighted by atomic mass is 16.6. The Labute approximate surface area is 178 Å². The molecule has 2 heterocycles. The number of aliphatic hydroxyl groups excluding tert-OH is 1. The molecule has 0 bridgehead atoms.